The Labute approximate surface area is 87.6 Å². The summed E-state index contributed by atoms with van der Waals surface area (Å²) in [5.41, 5.74) is 6.95. The van der Waals surface area contributed by atoms with Gasteiger partial charge in [0.1, 0.15) is 6.07 Å². The predicted molar refractivity (Wildman–Crippen MR) is 56.6 cm³/mol. The number of carbonyl (C=O) groups excluding carboxylic acids is 1. The van der Waals surface area contributed by atoms with E-state index in [1.807, 2.05) is 6.07 Å². The molecule has 0 spiro atoms. The quantitative estimate of drug-likeness (QED) is 0.446. The molecule has 0 fully saturated rings. The number of ether oxygens (including phenoxy) is 1. The Morgan fingerprint density at radius 1 is 1.60 bits per heavy atom. The number of rotatable bonds is 2. The lowest BCUT2D eigenvalue weighted by atomic mass is 10.1. The van der Waals surface area contributed by atoms with E-state index in [0.717, 1.165) is 0 Å². The summed E-state index contributed by atoms with van der Waals surface area (Å²) < 4.78 is 4.44. The number of nitrogen functional groups attached to an aromatic ring is 1. The second kappa shape index (κ2) is 4.82. The summed E-state index contributed by atoms with van der Waals surface area (Å²) in [5.74, 6) is -0.471. The topological polar surface area (TPSA) is 76.1 Å². The van der Waals surface area contributed by atoms with Crippen LogP contribution in [0.2, 0.25) is 0 Å². The lowest BCUT2D eigenvalue weighted by Gasteiger charge is -2.00. The van der Waals surface area contributed by atoms with Crippen molar-refractivity contribution in [3.8, 4) is 6.07 Å². The minimum Gasteiger partial charge on any atom is -0.466 e. The first-order valence-corrected chi connectivity index (χ1v) is 4.23. The number of benzene rings is 1. The maximum atomic E-state index is 10.8. The molecular formula is C11H10N2O2. The molecule has 0 aliphatic rings. The Morgan fingerprint density at radius 2 is 2.33 bits per heavy atom. The lowest BCUT2D eigenvalue weighted by Crippen LogP contribution is -1.95. The number of esters is 1. The van der Waals surface area contributed by atoms with Gasteiger partial charge >= 0.3 is 5.97 Å². The lowest BCUT2D eigenvalue weighted by molar-refractivity contribution is -0.134. The normalized spacial score (nSPS) is 9.87. The van der Waals surface area contributed by atoms with Crippen LogP contribution >= 0.6 is 0 Å². The summed E-state index contributed by atoms with van der Waals surface area (Å²) in [6, 6.07) is 7.03. The molecule has 0 aliphatic carbocycles. The molecule has 1 rings (SSSR count). The van der Waals surface area contributed by atoms with Crippen molar-refractivity contribution in [2.75, 3.05) is 12.8 Å². The molecule has 0 unspecified atom stereocenters. The van der Waals surface area contributed by atoms with Crippen LogP contribution in [0.25, 0.3) is 6.08 Å². The molecule has 1 aromatic rings. The number of carbonyl (C=O) groups is 1. The molecular weight excluding hydrogens is 192 g/mol. The fraction of sp³-hybridized carbons (Fsp3) is 0.0909. The number of nitriles is 1. The third kappa shape index (κ3) is 2.58. The van der Waals surface area contributed by atoms with Crippen molar-refractivity contribution in [1.82, 2.24) is 0 Å². The van der Waals surface area contributed by atoms with Crippen LogP contribution in [0, 0.1) is 11.3 Å². The molecule has 2 N–H and O–H groups in total. The Bertz CT molecular complexity index is 444. The van der Waals surface area contributed by atoms with Gasteiger partial charge in [0.2, 0.25) is 0 Å². The molecule has 0 aliphatic heterocycles. The summed E-state index contributed by atoms with van der Waals surface area (Å²) in [5, 5.41) is 8.84. The van der Waals surface area contributed by atoms with E-state index < -0.39 is 5.97 Å². The highest BCUT2D eigenvalue weighted by molar-refractivity contribution is 5.87. The standard InChI is InChI=1S/C11H10N2O2/c1-15-11(14)6-5-8-3-2-4-10(13)9(8)7-12/h2-6H,13H2,1H3. The van der Waals surface area contributed by atoms with E-state index in [1.165, 1.54) is 19.3 Å². The summed E-state index contributed by atoms with van der Waals surface area (Å²) in [7, 11) is 1.29. The van der Waals surface area contributed by atoms with Crippen molar-refractivity contribution in [2.45, 2.75) is 0 Å². The molecule has 0 saturated heterocycles. The summed E-state index contributed by atoms with van der Waals surface area (Å²) in [6.07, 6.45) is 2.75. The van der Waals surface area contributed by atoms with Crippen LogP contribution in [-0.2, 0) is 9.53 Å². The molecule has 0 saturated carbocycles. The molecule has 4 nitrogen and oxygen atoms in total. The van der Waals surface area contributed by atoms with Crippen LogP contribution in [0.1, 0.15) is 11.1 Å². The zero-order chi connectivity index (χ0) is 11.3. The molecule has 4 heteroatoms. The van der Waals surface area contributed by atoms with Crippen molar-refractivity contribution in [3.05, 3.63) is 35.4 Å². The monoisotopic (exact) mass is 202 g/mol. The van der Waals surface area contributed by atoms with Crippen molar-refractivity contribution in [1.29, 1.82) is 5.26 Å². The number of hydrogen-bond acceptors (Lipinski definition) is 4. The number of hydrogen-bond donors (Lipinski definition) is 1. The van der Waals surface area contributed by atoms with Crippen LogP contribution in [0.15, 0.2) is 24.3 Å². The van der Waals surface area contributed by atoms with Gasteiger partial charge in [-0.05, 0) is 17.7 Å². The Morgan fingerprint density at radius 3 is 2.93 bits per heavy atom. The van der Waals surface area contributed by atoms with E-state index >= 15 is 0 Å². The number of nitrogens with two attached hydrogens (primary N) is 1. The Balaban J connectivity index is 3.06. The second-order valence-electron chi connectivity index (χ2n) is 2.78. The largest absolute Gasteiger partial charge is 0.466 e. The molecule has 76 valence electrons. The van der Waals surface area contributed by atoms with Gasteiger partial charge in [-0.3, -0.25) is 0 Å². The summed E-state index contributed by atoms with van der Waals surface area (Å²) >= 11 is 0. The first kappa shape index (κ1) is 10.8. The van der Waals surface area contributed by atoms with E-state index in [1.54, 1.807) is 18.2 Å². The Hall–Kier alpha value is -2.28. The van der Waals surface area contributed by atoms with Crippen LogP contribution < -0.4 is 5.73 Å². The highest BCUT2D eigenvalue weighted by atomic mass is 16.5. The van der Waals surface area contributed by atoms with Crippen LogP contribution in [0.3, 0.4) is 0 Å². The van der Waals surface area contributed by atoms with E-state index in [9.17, 15) is 4.79 Å². The first-order chi connectivity index (χ1) is 7.19. The molecule has 0 heterocycles. The van der Waals surface area contributed by atoms with Crippen LogP contribution in [0.4, 0.5) is 5.69 Å². The Kier molecular flexibility index (Phi) is 3.47. The maximum Gasteiger partial charge on any atom is 0.330 e. The van der Waals surface area contributed by atoms with Crippen LogP contribution in [-0.4, -0.2) is 13.1 Å². The highest BCUT2D eigenvalue weighted by Crippen LogP contribution is 2.16. The average Bonchev–Trinajstić information content (AvgIpc) is 2.25. The first-order valence-electron chi connectivity index (χ1n) is 4.23. The SMILES string of the molecule is COC(=O)C=Cc1cccc(N)c1C#N. The fourth-order valence-electron chi connectivity index (χ4n) is 1.08. The number of methoxy groups -OCH3 is 1. The fourth-order valence-corrected chi connectivity index (χ4v) is 1.08. The van der Waals surface area contributed by atoms with Gasteiger partial charge in [0.05, 0.1) is 18.4 Å². The molecule has 0 bridgehead atoms. The maximum absolute atomic E-state index is 10.8. The zero-order valence-corrected chi connectivity index (χ0v) is 8.23. The molecule has 1 aromatic carbocycles. The molecule has 15 heavy (non-hydrogen) atoms. The third-order valence-electron chi connectivity index (χ3n) is 1.84. The second-order valence-corrected chi connectivity index (χ2v) is 2.78. The van der Waals surface area contributed by atoms with E-state index in [-0.39, 0.29) is 0 Å². The van der Waals surface area contributed by atoms with Gasteiger partial charge in [0.25, 0.3) is 0 Å². The van der Waals surface area contributed by atoms with Crippen molar-refractivity contribution >= 4 is 17.7 Å². The van der Waals surface area contributed by atoms with Gasteiger partial charge in [-0.1, -0.05) is 12.1 Å². The number of nitrogens with zero attached hydrogens (tertiary/aromatic N) is 1. The van der Waals surface area contributed by atoms with Gasteiger partial charge < -0.3 is 10.5 Å². The van der Waals surface area contributed by atoms with Gasteiger partial charge in [-0.25, -0.2) is 4.79 Å². The minimum absolute atomic E-state index is 0.359. The van der Waals surface area contributed by atoms with Crippen molar-refractivity contribution in [3.63, 3.8) is 0 Å². The van der Waals surface area contributed by atoms with Crippen molar-refractivity contribution < 1.29 is 9.53 Å². The van der Waals surface area contributed by atoms with E-state index in [0.29, 0.717) is 16.8 Å². The molecule has 0 amide bonds. The highest BCUT2D eigenvalue weighted by Gasteiger charge is 2.02. The predicted octanol–water partition coefficient (Wildman–Crippen LogP) is 1.33. The molecule has 0 aromatic heterocycles. The molecule has 0 atom stereocenters. The molecule has 0 radical (unpaired) electrons. The van der Waals surface area contributed by atoms with Gasteiger partial charge in [0, 0.05) is 6.08 Å². The van der Waals surface area contributed by atoms with Gasteiger partial charge in [0.15, 0.2) is 0 Å². The van der Waals surface area contributed by atoms with Crippen molar-refractivity contribution in [2.24, 2.45) is 0 Å². The zero-order valence-electron chi connectivity index (χ0n) is 8.23. The van der Waals surface area contributed by atoms with Gasteiger partial charge in [-0.2, -0.15) is 5.26 Å². The number of anilines is 1. The summed E-state index contributed by atoms with van der Waals surface area (Å²) in [4.78, 5) is 10.8. The third-order valence-corrected chi connectivity index (χ3v) is 1.84. The smallest absolute Gasteiger partial charge is 0.330 e. The van der Waals surface area contributed by atoms with E-state index in [2.05, 4.69) is 4.74 Å². The van der Waals surface area contributed by atoms with Gasteiger partial charge in [-0.15, -0.1) is 0 Å². The van der Waals surface area contributed by atoms with E-state index in [4.69, 9.17) is 11.0 Å². The summed E-state index contributed by atoms with van der Waals surface area (Å²) in [6.45, 7) is 0. The minimum atomic E-state index is -0.471. The average molecular weight is 202 g/mol. The van der Waals surface area contributed by atoms with Crippen LogP contribution in [0.5, 0.6) is 0 Å².